The summed E-state index contributed by atoms with van der Waals surface area (Å²) < 4.78 is 51.7. The van der Waals surface area contributed by atoms with Crippen LogP contribution >= 0.6 is 0 Å². The van der Waals surface area contributed by atoms with Crippen LogP contribution < -0.4 is 15.4 Å². The minimum absolute atomic E-state index is 0.0808. The van der Waals surface area contributed by atoms with Crippen molar-refractivity contribution in [2.24, 2.45) is 5.92 Å². The predicted octanol–water partition coefficient (Wildman–Crippen LogP) is -0.181. The van der Waals surface area contributed by atoms with E-state index in [1.807, 2.05) is 0 Å². The number of amides is 1. The van der Waals surface area contributed by atoms with Crippen LogP contribution in [0.3, 0.4) is 0 Å². The molecule has 0 bridgehead atoms. The summed E-state index contributed by atoms with van der Waals surface area (Å²) in [5.74, 6) is -3.28. The van der Waals surface area contributed by atoms with Gasteiger partial charge in [-0.25, -0.2) is 21.9 Å². The van der Waals surface area contributed by atoms with Crippen LogP contribution in [0.5, 0.6) is 0 Å². The van der Waals surface area contributed by atoms with Crippen molar-refractivity contribution >= 4 is 15.9 Å². The third kappa shape index (κ3) is 5.15. The highest BCUT2D eigenvalue weighted by Crippen LogP contribution is 2.25. The summed E-state index contributed by atoms with van der Waals surface area (Å²) >= 11 is 0. The summed E-state index contributed by atoms with van der Waals surface area (Å²) in [6.07, 6.45) is 2.68. The molecule has 1 saturated carbocycles. The molecule has 21 heavy (non-hydrogen) atoms. The second kappa shape index (κ2) is 6.53. The number of sulfonamides is 1. The van der Waals surface area contributed by atoms with E-state index in [1.165, 1.54) is 0 Å². The lowest BCUT2D eigenvalue weighted by molar-refractivity contribution is -0.123. The maximum absolute atomic E-state index is 12.9. The molecule has 2 fully saturated rings. The highest BCUT2D eigenvalue weighted by Gasteiger charge is 2.42. The number of carbonyl (C=O) groups excluding carboxylic acids is 1. The van der Waals surface area contributed by atoms with Gasteiger partial charge in [0, 0.05) is 19.5 Å². The predicted molar refractivity (Wildman–Crippen MR) is 73.5 cm³/mol. The molecule has 0 aromatic carbocycles. The summed E-state index contributed by atoms with van der Waals surface area (Å²) in [6, 6.07) is -0.953. The van der Waals surface area contributed by atoms with Gasteiger partial charge in [0.05, 0.1) is 18.3 Å². The van der Waals surface area contributed by atoms with Crippen molar-refractivity contribution in [2.75, 3.05) is 25.4 Å². The van der Waals surface area contributed by atoms with Crippen LogP contribution in [-0.4, -0.2) is 51.7 Å². The number of alkyl halides is 2. The summed E-state index contributed by atoms with van der Waals surface area (Å²) in [7, 11) is -3.43. The van der Waals surface area contributed by atoms with Gasteiger partial charge in [0.1, 0.15) is 0 Å². The lowest BCUT2D eigenvalue weighted by atomic mass is 9.86. The van der Waals surface area contributed by atoms with Gasteiger partial charge >= 0.3 is 0 Å². The average molecular weight is 325 g/mol. The number of hydrogen-bond acceptors (Lipinski definition) is 4. The Kier molecular flexibility index (Phi) is 5.15. The number of hydrogen-bond donors (Lipinski definition) is 3. The van der Waals surface area contributed by atoms with Crippen molar-refractivity contribution < 1.29 is 22.0 Å². The Hall–Kier alpha value is -0.800. The van der Waals surface area contributed by atoms with Crippen LogP contribution in [0.25, 0.3) is 0 Å². The van der Waals surface area contributed by atoms with Crippen LogP contribution in [0, 0.1) is 5.92 Å². The Morgan fingerprint density at radius 3 is 2.57 bits per heavy atom. The SMILES string of the molecule is O=C(NCCS(=O)(=O)NCC1CCC1)C1CC(F)(F)CN1. The third-order valence-corrected chi connectivity index (χ3v) is 5.26. The minimum Gasteiger partial charge on any atom is -0.354 e. The zero-order valence-electron chi connectivity index (χ0n) is 11.7. The van der Waals surface area contributed by atoms with Gasteiger partial charge in [-0.1, -0.05) is 6.42 Å². The normalized spacial score (nSPS) is 25.5. The highest BCUT2D eigenvalue weighted by atomic mass is 32.2. The summed E-state index contributed by atoms with van der Waals surface area (Å²) in [5.41, 5.74) is 0. The van der Waals surface area contributed by atoms with E-state index < -0.39 is 40.9 Å². The molecule has 2 aliphatic rings. The van der Waals surface area contributed by atoms with Gasteiger partial charge in [0.25, 0.3) is 5.92 Å². The Labute approximate surface area is 123 Å². The van der Waals surface area contributed by atoms with E-state index in [0.717, 1.165) is 19.3 Å². The zero-order valence-corrected chi connectivity index (χ0v) is 12.5. The van der Waals surface area contributed by atoms with Gasteiger partial charge in [-0.15, -0.1) is 0 Å². The fourth-order valence-corrected chi connectivity index (χ4v) is 3.35. The lowest BCUT2D eigenvalue weighted by Crippen LogP contribution is -2.43. The van der Waals surface area contributed by atoms with Crippen LogP contribution in [0.4, 0.5) is 8.78 Å². The van der Waals surface area contributed by atoms with Crippen LogP contribution in [0.15, 0.2) is 0 Å². The molecule has 1 saturated heterocycles. The highest BCUT2D eigenvalue weighted by molar-refractivity contribution is 7.89. The maximum atomic E-state index is 12.9. The fraction of sp³-hybridized carbons (Fsp3) is 0.917. The smallest absolute Gasteiger partial charge is 0.262 e. The van der Waals surface area contributed by atoms with Gasteiger partial charge in [0.2, 0.25) is 15.9 Å². The monoisotopic (exact) mass is 325 g/mol. The molecule has 1 atom stereocenters. The summed E-state index contributed by atoms with van der Waals surface area (Å²) in [5, 5.41) is 4.80. The molecule has 6 nitrogen and oxygen atoms in total. The Balaban J connectivity index is 1.64. The van der Waals surface area contributed by atoms with E-state index >= 15 is 0 Å². The molecular weight excluding hydrogens is 304 g/mol. The Bertz CT molecular complexity index is 480. The van der Waals surface area contributed by atoms with E-state index in [-0.39, 0.29) is 12.3 Å². The van der Waals surface area contributed by atoms with Gasteiger partial charge in [-0.3, -0.25) is 10.1 Å². The molecule has 0 aromatic heterocycles. The van der Waals surface area contributed by atoms with Crippen LogP contribution in [0.1, 0.15) is 25.7 Å². The van der Waals surface area contributed by atoms with Crippen molar-refractivity contribution in [3.63, 3.8) is 0 Å². The quantitative estimate of drug-likeness (QED) is 0.606. The van der Waals surface area contributed by atoms with E-state index in [1.54, 1.807) is 0 Å². The van der Waals surface area contributed by atoms with E-state index in [2.05, 4.69) is 15.4 Å². The van der Waals surface area contributed by atoms with E-state index in [0.29, 0.717) is 12.5 Å². The van der Waals surface area contributed by atoms with E-state index in [4.69, 9.17) is 0 Å². The molecule has 0 aromatic rings. The molecule has 1 amide bonds. The average Bonchev–Trinajstić information content (AvgIpc) is 2.67. The molecule has 2 rings (SSSR count). The van der Waals surface area contributed by atoms with Gasteiger partial charge < -0.3 is 5.32 Å². The number of carbonyl (C=O) groups is 1. The van der Waals surface area contributed by atoms with Crippen molar-refractivity contribution in [1.82, 2.24) is 15.4 Å². The molecular formula is C12H21F2N3O3S. The van der Waals surface area contributed by atoms with Gasteiger partial charge in [-0.05, 0) is 18.8 Å². The summed E-state index contributed by atoms with van der Waals surface area (Å²) in [4.78, 5) is 11.6. The van der Waals surface area contributed by atoms with Gasteiger partial charge in [-0.2, -0.15) is 0 Å². The molecule has 1 unspecified atom stereocenters. The second-order valence-corrected chi connectivity index (χ2v) is 7.68. The first kappa shape index (κ1) is 16.6. The van der Waals surface area contributed by atoms with E-state index in [9.17, 15) is 22.0 Å². The summed E-state index contributed by atoms with van der Waals surface area (Å²) in [6.45, 7) is -0.165. The first-order valence-electron chi connectivity index (χ1n) is 7.14. The molecule has 122 valence electrons. The standard InChI is InChI=1S/C12H21F2N3O3S/c13-12(14)6-10(16-8-12)11(18)15-4-5-21(19,20)17-7-9-2-1-3-9/h9-10,16-17H,1-8H2,(H,15,18). The Morgan fingerprint density at radius 2 is 2.05 bits per heavy atom. The number of rotatable bonds is 7. The largest absolute Gasteiger partial charge is 0.354 e. The fourth-order valence-electron chi connectivity index (χ4n) is 2.35. The first-order valence-corrected chi connectivity index (χ1v) is 8.79. The van der Waals surface area contributed by atoms with Crippen molar-refractivity contribution in [1.29, 1.82) is 0 Å². The second-order valence-electron chi connectivity index (χ2n) is 5.75. The lowest BCUT2D eigenvalue weighted by Gasteiger charge is -2.25. The topological polar surface area (TPSA) is 87.3 Å². The van der Waals surface area contributed by atoms with Crippen LogP contribution in [0.2, 0.25) is 0 Å². The first-order chi connectivity index (χ1) is 9.77. The molecule has 0 spiro atoms. The van der Waals surface area contributed by atoms with Crippen LogP contribution in [-0.2, 0) is 14.8 Å². The molecule has 9 heteroatoms. The molecule has 1 aliphatic heterocycles. The maximum Gasteiger partial charge on any atom is 0.262 e. The Morgan fingerprint density at radius 1 is 1.33 bits per heavy atom. The minimum atomic E-state index is -3.43. The van der Waals surface area contributed by atoms with Crippen molar-refractivity contribution in [3.05, 3.63) is 0 Å². The van der Waals surface area contributed by atoms with Crippen molar-refractivity contribution in [3.8, 4) is 0 Å². The molecule has 1 aliphatic carbocycles. The third-order valence-electron chi connectivity index (χ3n) is 3.91. The molecule has 3 N–H and O–H groups in total. The number of halogens is 2. The van der Waals surface area contributed by atoms with Crippen molar-refractivity contribution in [2.45, 2.75) is 37.6 Å². The van der Waals surface area contributed by atoms with Gasteiger partial charge in [0.15, 0.2) is 0 Å². The molecule has 0 radical (unpaired) electrons. The molecule has 1 heterocycles. The zero-order chi connectivity index (χ0) is 15.5. The number of nitrogens with one attached hydrogen (secondary N) is 3.